The van der Waals surface area contributed by atoms with E-state index in [1.54, 1.807) is 19.1 Å². The summed E-state index contributed by atoms with van der Waals surface area (Å²) in [7, 11) is -3.49. The quantitative estimate of drug-likeness (QED) is 0.907. The van der Waals surface area contributed by atoms with E-state index in [9.17, 15) is 8.42 Å². The number of nitriles is 1. The monoisotopic (exact) mass is 292 g/mol. The summed E-state index contributed by atoms with van der Waals surface area (Å²) in [6.45, 7) is 4.33. The van der Waals surface area contributed by atoms with Gasteiger partial charge in [0, 0.05) is 6.54 Å². The molecule has 0 unspecified atom stereocenters. The molecule has 108 valence electrons. The molecule has 0 aliphatic heterocycles. The van der Waals surface area contributed by atoms with Crippen LogP contribution in [0, 0.1) is 23.7 Å². The fourth-order valence-corrected chi connectivity index (χ4v) is 4.06. The number of benzene rings is 1. The maximum Gasteiger partial charge on any atom is 0.240 e. The third kappa shape index (κ3) is 2.87. The molecule has 20 heavy (non-hydrogen) atoms. The standard InChI is InChI=1S/C15H20N2O2S/c1-3-15(7-4-8-15)11-17-20(18,19)14-6-5-13(10-16)9-12(14)2/h5-6,9,17H,3-4,7-8,11H2,1-2H3. The van der Waals surface area contributed by atoms with Gasteiger partial charge in [-0.15, -0.1) is 0 Å². The fraction of sp³-hybridized carbons (Fsp3) is 0.533. The number of nitrogens with one attached hydrogen (secondary N) is 1. The lowest BCUT2D eigenvalue weighted by Gasteiger charge is -2.41. The molecular weight excluding hydrogens is 272 g/mol. The Hall–Kier alpha value is -1.38. The second-order valence-corrected chi connectivity index (χ2v) is 7.36. The van der Waals surface area contributed by atoms with Crippen molar-refractivity contribution in [3.05, 3.63) is 29.3 Å². The first kappa shape index (κ1) is 15.0. The summed E-state index contributed by atoms with van der Waals surface area (Å²) in [6.07, 6.45) is 4.38. The van der Waals surface area contributed by atoms with Crippen LogP contribution in [-0.4, -0.2) is 15.0 Å². The second-order valence-electron chi connectivity index (χ2n) is 5.62. The highest BCUT2D eigenvalue weighted by molar-refractivity contribution is 7.89. The number of hydrogen-bond donors (Lipinski definition) is 1. The number of aryl methyl sites for hydroxylation is 1. The van der Waals surface area contributed by atoms with Crippen molar-refractivity contribution in [3.8, 4) is 6.07 Å². The lowest BCUT2D eigenvalue weighted by molar-refractivity contribution is 0.133. The van der Waals surface area contributed by atoms with Gasteiger partial charge in [-0.05, 0) is 55.4 Å². The molecular formula is C15H20N2O2S. The van der Waals surface area contributed by atoms with Gasteiger partial charge in [0.15, 0.2) is 0 Å². The van der Waals surface area contributed by atoms with Crippen LogP contribution in [0.15, 0.2) is 23.1 Å². The van der Waals surface area contributed by atoms with Crippen molar-refractivity contribution in [2.75, 3.05) is 6.54 Å². The molecule has 0 spiro atoms. The van der Waals surface area contributed by atoms with Gasteiger partial charge in [0.05, 0.1) is 16.5 Å². The molecule has 0 saturated heterocycles. The van der Waals surface area contributed by atoms with Gasteiger partial charge in [0.1, 0.15) is 0 Å². The normalized spacial score (nSPS) is 17.2. The van der Waals surface area contributed by atoms with E-state index in [1.165, 1.54) is 12.5 Å². The topological polar surface area (TPSA) is 70.0 Å². The summed E-state index contributed by atoms with van der Waals surface area (Å²) in [6, 6.07) is 6.67. The molecule has 1 aliphatic rings. The largest absolute Gasteiger partial charge is 0.240 e. The van der Waals surface area contributed by atoms with Crippen LogP contribution in [0.4, 0.5) is 0 Å². The first-order valence-corrected chi connectivity index (χ1v) is 8.41. The Balaban J connectivity index is 2.17. The van der Waals surface area contributed by atoms with Crippen molar-refractivity contribution in [3.63, 3.8) is 0 Å². The van der Waals surface area contributed by atoms with Gasteiger partial charge in [0.2, 0.25) is 10.0 Å². The van der Waals surface area contributed by atoms with E-state index < -0.39 is 10.0 Å². The molecule has 1 fully saturated rings. The van der Waals surface area contributed by atoms with Gasteiger partial charge >= 0.3 is 0 Å². The van der Waals surface area contributed by atoms with Crippen molar-refractivity contribution >= 4 is 10.0 Å². The second kappa shape index (κ2) is 5.55. The van der Waals surface area contributed by atoms with Crippen LogP contribution in [-0.2, 0) is 10.0 Å². The maximum absolute atomic E-state index is 12.4. The molecule has 0 aromatic heterocycles. The van der Waals surface area contributed by atoms with Crippen LogP contribution in [0.3, 0.4) is 0 Å². The molecule has 2 rings (SSSR count). The predicted octanol–water partition coefficient (Wildman–Crippen LogP) is 2.73. The van der Waals surface area contributed by atoms with Crippen LogP contribution < -0.4 is 4.72 Å². The van der Waals surface area contributed by atoms with Gasteiger partial charge in [-0.3, -0.25) is 0 Å². The third-order valence-electron chi connectivity index (χ3n) is 4.39. The molecule has 1 saturated carbocycles. The molecule has 0 bridgehead atoms. The molecule has 1 aliphatic carbocycles. The number of nitrogens with zero attached hydrogens (tertiary/aromatic N) is 1. The van der Waals surface area contributed by atoms with E-state index in [0.29, 0.717) is 17.7 Å². The minimum Gasteiger partial charge on any atom is -0.211 e. The summed E-state index contributed by atoms with van der Waals surface area (Å²) >= 11 is 0. The maximum atomic E-state index is 12.4. The Bertz CT molecular complexity index is 635. The van der Waals surface area contributed by atoms with Crippen molar-refractivity contribution in [2.45, 2.75) is 44.4 Å². The van der Waals surface area contributed by atoms with E-state index in [1.807, 2.05) is 6.07 Å². The van der Waals surface area contributed by atoms with E-state index in [4.69, 9.17) is 5.26 Å². The third-order valence-corrected chi connectivity index (χ3v) is 5.96. The lowest BCUT2D eigenvalue weighted by atomic mass is 9.67. The van der Waals surface area contributed by atoms with Crippen LogP contribution in [0.2, 0.25) is 0 Å². The van der Waals surface area contributed by atoms with E-state index in [-0.39, 0.29) is 10.3 Å². The van der Waals surface area contributed by atoms with E-state index in [0.717, 1.165) is 19.3 Å². The number of sulfonamides is 1. The van der Waals surface area contributed by atoms with Crippen LogP contribution in [0.1, 0.15) is 43.7 Å². The predicted molar refractivity (Wildman–Crippen MR) is 77.7 cm³/mol. The zero-order valence-electron chi connectivity index (χ0n) is 11.9. The van der Waals surface area contributed by atoms with Gasteiger partial charge in [-0.25, -0.2) is 13.1 Å². The molecule has 0 atom stereocenters. The van der Waals surface area contributed by atoms with Gasteiger partial charge in [-0.2, -0.15) is 5.26 Å². The number of hydrogen-bond acceptors (Lipinski definition) is 3. The Morgan fingerprint density at radius 1 is 1.40 bits per heavy atom. The summed E-state index contributed by atoms with van der Waals surface area (Å²) < 4.78 is 27.5. The van der Waals surface area contributed by atoms with Crippen molar-refractivity contribution in [1.29, 1.82) is 5.26 Å². The summed E-state index contributed by atoms with van der Waals surface area (Å²) in [5.41, 5.74) is 1.23. The van der Waals surface area contributed by atoms with Gasteiger partial charge < -0.3 is 0 Å². The van der Waals surface area contributed by atoms with Crippen LogP contribution >= 0.6 is 0 Å². The lowest BCUT2D eigenvalue weighted by Crippen LogP contribution is -2.41. The average molecular weight is 292 g/mol. The summed E-state index contributed by atoms with van der Waals surface area (Å²) in [5.74, 6) is 0. The fourth-order valence-electron chi connectivity index (χ4n) is 2.68. The first-order valence-electron chi connectivity index (χ1n) is 6.93. The molecule has 5 heteroatoms. The minimum atomic E-state index is -3.49. The molecule has 1 N–H and O–H groups in total. The SMILES string of the molecule is CCC1(CNS(=O)(=O)c2ccc(C#N)cc2C)CCC1. The molecule has 1 aromatic rings. The van der Waals surface area contributed by atoms with Gasteiger partial charge in [0.25, 0.3) is 0 Å². The zero-order chi connectivity index (χ0) is 14.8. The van der Waals surface area contributed by atoms with Crippen LogP contribution in [0.25, 0.3) is 0 Å². The average Bonchev–Trinajstić information content (AvgIpc) is 2.37. The highest BCUT2D eigenvalue weighted by Gasteiger charge is 2.36. The minimum absolute atomic E-state index is 0.146. The Kier molecular flexibility index (Phi) is 4.17. The molecule has 0 amide bonds. The Labute approximate surface area is 120 Å². The Morgan fingerprint density at radius 2 is 2.10 bits per heavy atom. The van der Waals surface area contributed by atoms with Crippen molar-refractivity contribution < 1.29 is 8.42 Å². The van der Waals surface area contributed by atoms with Gasteiger partial charge in [-0.1, -0.05) is 13.3 Å². The van der Waals surface area contributed by atoms with Crippen molar-refractivity contribution in [2.24, 2.45) is 5.41 Å². The highest BCUT2D eigenvalue weighted by Crippen LogP contribution is 2.43. The zero-order valence-corrected chi connectivity index (χ0v) is 12.8. The highest BCUT2D eigenvalue weighted by atomic mass is 32.2. The molecule has 0 radical (unpaired) electrons. The van der Waals surface area contributed by atoms with E-state index in [2.05, 4.69) is 11.6 Å². The summed E-state index contributed by atoms with van der Waals surface area (Å²) in [4.78, 5) is 0.266. The summed E-state index contributed by atoms with van der Waals surface area (Å²) in [5, 5.41) is 8.82. The Morgan fingerprint density at radius 3 is 2.55 bits per heavy atom. The van der Waals surface area contributed by atoms with E-state index >= 15 is 0 Å². The number of rotatable bonds is 5. The molecule has 4 nitrogen and oxygen atoms in total. The smallest absolute Gasteiger partial charge is 0.211 e. The van der Waals surface area contributed by atoms with Crippen LogP contribution in [0.5, 0.6) is 0 Å². The molecule has 0 heterocycles. The first-order chi connectivity index (χ1) is 9.42. The van der Waals surface area contributed by atoms with Crippen molar-refractivity contribution in [1.82, 2.24) is 4.72 Å². The molecule has 1 aromatic carbocycles.